The maximum absolute atomic E-state index is 12.3. The van der Waals surface area contributed by atoms with Crippen LogP contribution in [0.25, 0.3) is 5.88 Å². The molecule has 1 amide bonds. The normalized spacial score (nSPS) is 11.1. The maximum Gasteiger partial charge on any atom is 0.272 e. The summed E-state index contributed by atoms with van der Waals surface area (Å²) in [7, 11) is 0. The van der Waals surface area contributed by atoms with Crippen molar-refractivity contribution in [2.45, 2.75) is 27.7 Å². The molecular weight excluding hydrogens is 411 g/mol. The van der Waals surface area contributed by atoms with Crippen LogP contribution >= 0.6 is 23.2 Å². The fourth-order valence-electron chi connectivity index (χ4n) is 3.02. The highest BCUT2D eigenvalue weighted by molar-refractivity contribution is 6.36. The third-order valence-electron chi connectivity index (χ3n) is 4.70. The molecule has 0 aliphatic carbocycles. The molecule has 8 heteroatoms. The number of halogens is 2. The number of hydrogen-bond acceptors (Lipinski definition) is 4. The van der Waals surface area contributed by atoms with Crippen molar-refractivity contribution >= 4 is 35.3 Å². The number of nitriles is 1. The molecule has 0 saturated carbocycles. The summed E-state index contributed by atoms with van der Waals surface area (Å²) >= 11 is 11.9. The van der Waals surface area contributed by atoms with Crippen molar-refractivity contribution in [3.8, 4) is 12.0 Å². The van der Waals surface area contributed by atoms with Gasteiger partial charge in [-0.15, -0.1) is 0 Å². The zero-order valence-corrected chi connectivity index (χ0v) is 17.8. The van der Waals surface area contributed by atoms with Crippen molar-refractivity contribution in [3.05, 3.63) is 73.7 Å². The van der Waals surface area contributed by atoms with Gasteiger partial charge in [0.25, 0.3) is 5.91 Å². The summed E-state index contributed by atoms with van der Waals surface area (Å²) in [6, 6.07) is 8.72. The minimum atomic E-state index is -0.444. The predicted molar refractivity (Wildman–Crippen MR) is 113 cm³/mol. The number of aromatic nitrogens is 1. The average molecular weight is 429 g/mol. The monoisotopic (exact) mass is 428 g/mol. The van der Waals surface area contributed by atoms with Gasteiger partial charge in [0, 0.05) is 27.5 Å². The quantitative estimate of drug-likeness (QED) is 0.454. The lowest BCUT2D eigenvalue weighted by Gasteiger charge is -2.06. The number of nitrogens with zero attached hydrogens (tertiary/aromatic N) is 3. The summed E-state index contributed by atoms with van der Waals surface area (Å²) in [6.07, 6.45) is 1.54. The van der Waals surface area contributed by atoms with E-state index in [9.17, 15) is 10.1 Å². The minimum Gasteiger partial charge on any atom is -0.443 e. The van der Waals surface area contributed by atoms with E-state index in [0.717, 1.165) is 22.5 Å². The third kappa shape index (κ3) is 3.93. The molecule has 2 aromatic heterocycles. The zero-order chi connectivity index (χ0) is 21.3. The molecule has 0 unspecified atom stereocenters. The second-order valence-corrected chi connectivity index (χ2v) is 7.40. The van der Waals surface area contributed by atoms with Crippen LogP contribution < -0.4 is 5.43 Å². The standard InChI is InChI=1S/C21H18Cl2N4O2/c1-11-7-15(10-25-26-20(28)17-6-5-16(22)8-19(17)23)13(3)27(11)21-18(9-24)12(2)14(4)29-21/h5-8,10H,1-4H3,(H,26,28)/b25-10-. The van der Waals surface area contributed by atoms with E-state index in [-0.39, 0.29) is 10.6 Å². The summed E-state index contributed by atoms with van der Waals surface area (Å²) < 4.78 is 7.68. The van der Waals surface area contributed by atoms with E-state index >= 15 is 0 Å². The van der Waals surface area contributed by atoms with Crippen molar-refractivity contribution in [2.24, 2.45) is 5.10 Å². The van der Waals surface area contributed by atoms with E-state index in [1.165, 1.54) is 18.3 Å². The summed E-state index contributed by atoms with van der Waals surface area (Å²) in [4.78, 5) is 12.3. The molecule has 2 heterocycles. The third-order valence-corrected chi connectivity index (χ3v) is 5.25. The largest absolute Gasteiger partial charge is 0.443 e. The number of hydrazone groups is 1. The van der Waals surface area contributed by atoms with E-state index in [4.69, 9.17) is 27.6 Å². The van der Waals surface area contributed by atoms with E-state index in [2.05, 4.69) is 16.6 Å². The van der Waals surface area contributed by atoms with Gasteiger partial charge in [-0.2, -0.15) is 10.4 Å². The van der Waals surface area contributed by atoms with Crippen LogP contribution in [-0.4, -0.2) is 16.7 Å². The molecule has 0 fully saturated rings. The first-order chi connectivity index (χ1) is 13.7. The Labute approximate surface area is 178 Å². The molecule has 0 aliphatic rings. The molecular formula is C21H18Cl2N4O2. The van der Waals surface area contributed by atoms with Crippen LogP contribution in [-0.2, 0) is 0 Å². The van der Waals surface area contributed by atoms with E-state index in [1.54, 1.807) is 6.07 Å². The molecule has 0 saturated heterocycles. The minimum absolute atomic E-state index is 0.246. The smallest absolute Gasteiger partial charge is 0.272 e. The molecule has 0 atom stereocenters. The number of hydrogen-bond donors (Lipinski definition) is 1. The fraction of sp³-hybridized carbons (Fsp3) is 0.190. The molecule has 1 aromatic carbocycles. The molecule has 6 nitrogen and oxygen atoms in total. The number of amides is 1. The van der Waals surface area contributed by atoms with Crippen molar-refractivity contribution in [1.82, 2.24) is 9.99 Å². The Bertz CT molecular complexity index is 1180. The number of carbonyl (C=O) groups is 1. The fourth-order valence-corrected chi connectivity index (χ4v) is 3.52. The van der Waals surface area contributed by atoms with Crippen LogP contribution in [0.2, 0.25) is 10.0 Å². The second-order valence-electron chi connectivity index (χ2n) is 6.56. The number of rotatable bonds is 4. The first-order valence-electron chi connectivity index (χ1n) is 8.72. The highest BCUT2D eigenvalue weighted by Crippen LogP contribution is 2.28. The molecule has 0 spiro atoms. The summed E-state index contributed by atoms with van der Waals surface area (Å²) in [5.41, 5.74) is 6.53. The van der Waals surface area contributed by atoms with Gasteiger partial charge in [-0.1, -0.05) is 23.2 Å². The maximum atomic E-state index is 12.3. The van der Waals surface area contributed by atoms with Gasteiger partial charge in [-0.3, -0.25) is 9.36 Å². The molecule has 0 radical (unpaired) electrons. The van der Waals surface area contributed by atoms with Crippen LogP contribution in [0.1, 0.15) is 44.2 Å². The topological polar surface area (TPSA) is 83.3 Å². The van der Waals surface area contributed by atoms with Gasteiger partial charge in [-0.25, -0.2) is 5.43 Å². The Morgan fingerprint density at radius 1 is 1.24 bits per heavy atom. The summed E-state index contributed by atoms with van der Waals surface area (Å²) in [5.74, 6) is 0.737. The second kappa shape index (κ2) is 8.16. The zero-order valence-electron chi connectivity index (χ0n) is 16.3. The van der Waals surface area contributed by atoms with Crippen molar-refractivity contribution < 1.29 is 9.21 Å². The van der Waals surface area contributed by atoms with Gasteiger partial charge < -0.3 is 4.42 Å². The first kappa shape index (κ1) is 20.7. The molecule has 3 aromatic rings. The highest BCUT2D eigenvalue weighted by Gasteiger charge is 2.20. The number of benzene rings is 1. The lowest BCUT2D eigenvalue weighted by molar-refractivity contribution is 0.0955. The predicted octanol–water partition coefficient (Wildman–Crippen LogP) is 5.25. The van der Waals surface area contributed by atoms with Crippen LogP contribution in [0.4, 0.5) is 0 Å². The van der Waals surface area contributed by atoms with E-state index in [0.29, 0.717) is 22.2 Å². The lowest BCUT2D eigenvalue weighted by Crippen LogP contribution is -2.18. The van der Waals surface area contributed by atoms with Gasteiger partial charge in [0.15, 0.2) is 0 Å². The van der Waals surface area contributed by atoms with Crippen molar-refractivity contribution in [1.29, 1.82) is 5.26 Å². The van der Waals surface area contributed by atoms with Gasteiger partial charge in [0.05, 0.1) is 16.8 Å². The van der Waals surface area contributed by atoms with E-state index < -0.39 is 5.91 Å². The number of furan rings is 1. The molecule has 29 heavy (non-hydrogen) atoms. The van der Waals surface area contributed by atoms with E-state index in [1.807, 2.05) is 38.3 Å². The Kier molecular flexibility index (Phi) is 5.83. The number of carbonyl (C=O) groups excluding carboxylic acids is 1. The average Bonchev–Trinajstić information content (AvgIpc) is 3.09. The SMILES string of the molecule is Cc1oc(-n2c(C)cc(/C=N\NC(=O)c3ccc(Cl)cc3Cl)c2C)c(C#N)c1C. The van der Waals surface area contributed by atoms with Gasteiger partial charge >= 0.3 is 0 Å². The van der Waals surface area contributed by atoms with Crippen molar-refractivity contribution in [3.63, 3.8) is 0 Å². The van der Waals surface area contributed by atoms with Crippen LogP contribution in [0.15, 0.2) is 33.8 Å². The molecule has 148 valence electrons. The molecule has 1 N–H and O–H groups in total. The lowest BCUT2D eigenvalue weighted by atomic mass is 10.2. The molecule has 0 bridgehead atoms. The van der Waals surface area contributed by atoms with Gasteiger partial charge in [0.2, 0.25) is 5.88 Å². The number of nitrogens with one attached hydrogen (secondary N) is 1. The Balaban J connectivity index is 1.87. The summed E-state index contributed by atoms with van der Waals surface area (Å²) in [6.45, 7) is 7.48. The van der Waals surface area contributed by atoms with Crippen molar-refractivity contribution in [2.75, 3.05) is 0 Å². The highest BCUT2D eigenvalue weighted by atomic mass is 35.5. The number of aryl methyl sites for hydroxylation is 2. The van der Waals surface area contributed by atoms with Crippen LogP contribution in [0.5, 0.6) is 0 Å². The molecule has 3 rings (SSSR count). The Morgan fingerprint density at radius 3 is 2.62 bits per heavy atom. The Morgan fingerprint density at radius 2 is 1.97 bits per heavy atom. The first-order valence-corrected chi connectivity index (χ1v) is 9.48. The molecule has 0 aliphatic heterocycles. The van der Waals surface area contributed by atoms with Gasteiger partial charge in [-0.05, 0) is 52.0 Å². The van der Waals surface area contributed by atoms with Crippen LogP contribution in [0.3, 0.4) is 0 Å². The van der Waals surface area contributed by atoms with Gasteiger partial charge in [0.1, 0.15) is 17.4 Å². The summed E-state index contributed by atoms with van der Waals surface area (Å²) in [5, 5.41) is 14.2. The Hall–Kier alpha value is -3.01. The van der Waals surface area contributed by atoms with Crippen LogP contribution in [0, 0.1) is 39.0 Å².